The number of H-pyrrole nitrogens is 2. The summed E-state index contributed by atoms with van der Waals surface area (Å²) in [6.07, 6.45) is 1.99. The number of hydrogen-bond donors (Lipinski definition) is 2. The third kappa shape index (κ3) is 1.60. The van der Waals surface area contributed by atoms with Crippen LogP contribution in [-0.2, 0) is 6.54 Å². The first-order valence-electron chi connectivity index (χ1n) is 5.43. The molecule has 0 spiro atoms. The highest BCUT2D eigenvalue weighted by molar-refractivity contribution is 5.70. The maximum Gasteiger partial charge on any atom is 0.435 e. The molecule has 0 aromatic carbocycles. The fourth-order valence-electron chi connectivity index (χ4n) is 1.81. The molecule has 2 aromatic heterocycles. The van der Waals surface area contributed by atoms with Gasteiger partial charge in [0.1, 0.15) is 0 Å². The number of hydrogen-bond acceptors (Lipinski definition) is 5. The van der Waals surface area contributed by atoms with Gasteiger partial charge in [-0.25, -0.2) is 9.78 Å². The van der Waals surface area contributed by atoms with Crippen LogP contribution in [0.25, 0.3) is 11.2 Å². The molecule has 0 radical (unpaired) electrons. The van der Waals surface area contributed by atoms with E-state index < -0.39 is 22.1 Å². The van der Waals surface area contributed by atoms with Crippen molar-refractivity contribution in [3.63, 3.8) is 0 Å². The molecule has 0 atom stereocenters. The van der Waals surface area contributed by atoms with Crippen LogP contribution in [0.4, 0.5) is 5.95 Å². The first-order chi connectivity index (χ1) is 8.56. The van der Waals surface area contributed by atoms with Gasteiger partial charge in [-0.05, 0) is 28.7 Å². The highest BCUT2D eigenvalue weighted by Gasteiger charge is 2.25. The van der Waals surface area contributed by atoms with E-state index in [1.165, 1.54) is 0 Å². The lowest BCUT2D eigenvalue weighted by atomic mass is 10.4. The number of nitrogens with zero attached hydrogens (tertiary/aromatic N) is 3. The number of rotatable bonds is 3. The van der Waals surface area contributed by atoms with Crippen molar-refractivity contribution in [2.45, 2.75) is 19.4 Å². The molecule has 2 aromatic rings. The minimum atomic E-state index is -0.747. The molecular formula is C9H9N5O4. The van der Waals surface area contributed by atoms with Gasteiger partial charge in [-0.1, -0.05) is 0 Å². The Bertz CT molecular complexity index is 750. The highest BCUT2D eigenvalue weighted by atomic mass is 16.6. The van der Waals surface area contributed by atoms with Gasteiger partial charge in [0.05, 0.1) is 0 Å². The topological polar surface area (TPSA) is 127 Å². The number of imidazole rings is 1. The number of aromatic nitrogens is 4. The number of nitro groups is 1. The lowest BCUT2D eigenvalue weighted by Gasteiger charge is -2.00. The molecule has 1 aliphatic rings. The van der Waals surface area contributed by atoms with Gasteiger partial charge >= 0.3 is 11.6 Å². The normalized spacial score (nSPS) is 15.1. The first-order valence-corrected chi connectivity index (χ1v) is 5.43. The molecule has 1 aliphatic carbocycles. The molecule has 2 N–H and O–H groups in total. The minimum Gasteiger partial charge on any atom is -0.390 e. The Kier molecular flexibility index (Phi) is 2.09. The van der Waals surface area contributed by atoms with Crippen LogP contribution in [0.5, 0.6) is 0 Å². The van der Waals surface area contributed by atoms with Gasteiger partial charge in [0.25, 0.3) is 11.2 Å². The van der Waals surface area contributed by atoms with Crippen LogP contribution in [-0.4, -0.2) is 24.4 Å². The molecule has 94 valence electrons. The molecule has 0 aliphatic heterocycles. The zero-order valence-corrected chi connectivity index (χ0v) is 9.17. The maximum atomic E-state index is 12.0. The van der Waals surface area contributed by atoms with Crippen molar-refractivity contribution < 1.29 is 4.92 Å². The average Bonchev–Trinajstić information content (AvgIpc) is 3.02. The van der Waals surface area contributed by atoms with Crippen LogP contribution < -0.4 is 11.2 Å². The van der Waals surface area contributed by atoms with E-state index in [1.807, 2.05) is 0 Å². The largest absolute Gasteiger partial charge is 0.435 e. The molecule has 1 saturated carbocycles. The van der Waals surface area contributed by atoms with E-state index in [2.05, 4.69) is 15.0 Å². The van der Waals surface area contributed by atoms with Crippen LogP contribution >= 0.6 is 0 Å². The van der Waals surface area contributed by atoms with E-state index in [0.717, 1.165) is 17.4 Å². The first kappa shape index (κ1) is 10.7. The Morgan fingerprint density at radius 1 is 1.39 bits per heavy atom. The molecule has 3 rings (SSSR count). The van der Waals surface area contributed by atoms with Crippen molar-refractivity contribution in [3.8, 4) is 0 Å². The van der Waals surface area contributed by atoms with Gasteiger partial charge in [0, 0.05) is 6.54 Å². The molecule has 0 bridgehead atoms. The van der Waals surface area contributed by atoms with Crippen LogP contribution in [0.2, 0.25) is 0 Å². The molecule has 2 heterocycles. The maximum absolute atomic E-state index is 12.0. The van der Waals surface area contributed by atoms with Crippen molar-refractivity contribution in [1.29, 1.82) is 0 Å². The van der Waals surface area contributed by atoms with E-state index in [-0.39, 0.29) is 11.2 Å². The summed E-state index contributed by atoms with van der Waals surface area (Å²) in [5.74, 6) is -0.207. The Hall–Kier alpha value is -2.45. The summed E-state index contributed by atoms with van der Waals surface area (Å²) in [6.45, 7) is 0.344. The fraction of sp³-hybridized carbons (Fsp3) is 0.444. The smallest absolute Gasteiger partial charge is 0.390 e. The van der Waals surface area contributed by atoms with E-state index in [0.29, 0.717) is 12.5 Å². The molecule has 0 amide bonds. The van der Waals surface area contributed by atoms with Gasteiger partial charge in [-0.2, -0.15) is 0 Å². The van der Waals surface area contributed by atoms with Gasteiger partial charge < -0.3 is 10.1 Å². The Morgan fingerprint density at radius 2 is 2.11 bits per heavy atom. The summed E-state index contributed by atoms with van der Waals surface area (Å²) in [4.78, 5) is 41.7. The Labute approximate surface area is 98.6 Å². The Balaban J connectivity index is 2.22. The second kappa shape index (κ2) is 3.52. The molecule has 18 heavy (non-hydrogen) atoms. The lowest BCUT2D eigenvalue weighted by Crippen LogP contribution is -2.35. The second-order valence-electron chi connectivity index (χ2n) is 4.33. The molecule has 1 fully saturated rings. The quantitative estimate of drug-likeness (QED) is 0.573. The molecular weight excluding hydrogens is 242 g/mol. The lowest BCUT2D eigenvalue weighted by molar-refractivity contribution is -0.393. The van der Waals surface area contributed by atoms with Crippen LogP contribution in [0, 0.1) is 16.0 Å². The molecule has 0 unspecified atom stereocenters. The summed E-state index contributed by atoms with van der Waals surface area (Å²) in [6, 6.07) is 0. The van der Waals surface area contributed by atoms with Crippen LogP contribution in [0.15, 0.2) is 9.59 Å². The Morgan fingerprint density at radius 3 is 2.72 bits per heavy atom. The number of fused-ring (bicyclic) bond motifs is 1. The third-order valence-corrected chi connectivity index (χ3v) is 2.93. The summed E-state index contributed by atoms with van der Waals surface area (Å²) in [5.41, 5.74) is -1.27. The predicted molar refractivity (Wildman–Crippen MR) is 60.4 cm³/mol. The van der Waals surface area contributed by atoms with Crippen LogP contribution in [0.3, 0.4) is 0 Å². The predicted octanol–water partition coefficient (Wildman–Crippen LogP) is -0.269. The van der Waals surface area contributed by atoms with Crippen molar-refractivity contribution in [2.75, 3.05) is 0 Å². The standard InChI is InChI=1S/C9H9N5O4/c15-7-5-6(11-8(10-5)14(17)18)12-9(16)13(7)3-4-1-2-4/h4H,1-3H2,(H,10,11)(H,12,16). The number of aromatic amines is 2. The van der Waals surface area contributed by atoms with E-state index in [4.69, 9.17) is 0 Å². The zero-order valence-electron chi connectivity index (χ0n) is 9.17. The second-order valence-corrected chi connectivity index (χ2v) is 4.33. The zero-order chi connectivity index (χ0) is 12.9. The van der Waals surface area contributed by atoms with Gasteiger partial charge in [0.15, 0.2) is 0 Å². The van der Waals surface area contributed by atoms with Crippen molar-refractivity contribution in [1.82, 2.24) is 19.5 Å². The minimum absolute atomic E-state index is 0.0399. The van der Waals surface area contributed by atoms with Crippen LogP contribution in [0.1, 0.15) is 12.8 Å². The third-order valence-electron chi connectivity index (χ3n) is 2.93. The van der Waals surface area contributed by atoms with Gasteiger partial charge in [-0.3, -0.25) is 14.3 Å². The van der Waals surface area contributed by atoms with Gasteiger partial charge in [0.2, 0.25) is 5.52 Å². The molecule has 0 saturated heterocycles. The summed E-state index contributed by atoms with van der Waals surface area (Å²) in [7, 11) is 0. The monoisotopic (exact) mass is 251 g/mol. The average molecular weight is 251 g/mol. The summed E-state index contributed by atoms with van der Waals surface area (Å²) >= 11 is 0. The molecule has 9 heteroatoms. The van der Waals surface area contributed by atoms with E-state index >= 15 is 0 Å². The highest BCUT2D eigenvalue weighted by Crippen LogP contribution is 2.29. The van der Waals surface area contributed by atoms with Gasteiger partial charge in [-0.15, -0.1) is 0 Å². The van der Waals surface area contributed by atoms with E-state index in [1.54, 1.807) is 0 Å². The summed E-state index contributed by atoms with van der Waals surface area (Å²) < 4.78 is 1.06. The molecule has 9 nitrogen and oxygen atoms in total. The van der Waals surface area contributed by atoms with Crippen molar-refractivity contribution in [2.24, 2.45) is 5.92 Å². The number of nitrogens with one attached hydrogen (secondary N) is 2. The van der Waals surface area contributed by atoms with E-state index in [9.17, 15) is 19.7 Å². The van der Waals surface area contributed by atoms with Crippen molar-refractivity contribution >= 4 is 17.1 Å². The fourth-order valence-corrected chi connectivity index (χ4v) is 1.81. The van der Waals surface area contributed by atoms with Crippen molar-refractivity contribution in [3.05, 3.63) is 31.0 Å². The SMILES string of the molecule is O=c1[nH]c2nc([N+](=O)[O-])[nH]c2c(=O)n1CC1CC1. The summed E-state index contributed by atoms with van der Waals surface area (Å²) in [5, 5.41) is 10.6.